The zero-order valence-corrected chi connectivity index (χ0v) is 13.7. The largest absolute Gasteiger partial charge is 0.396 e. The van der Waals surface area contributed by atoms with Crippen molar-refractivity contribution in [3.05, 3.63) is 45.4 Å². The Balaban J connectivity index is 2.10. The van der Waals surface area contributed by atoms with Gasteiger partial charge in [-0.1, -0.05) is 12.1 Å². The van der Waals surface area contributed by atoms with Crippen molar-refractivity contribution in [1.82, 2.24) is 4.98 Å². The van der Waals surface area contributed by atoms with Crippen LogP contribution in [-0.2, 0) is 11.2 Å². The van der Waals surface area contributed by atoms with Crippen molar-refractivity contribution in [1.29, 1.82) is 0 Å². The molecule has 0 saturated carbocycles. The molecular formula is C16H20N2O3S. The van der Waals surface area contributed by atoms with Crippen LogP contribution in [0.25, 0.3) is 0 Å². The maximum atomic E-state index is 12.3. The molecule has 0 bridgehead atoms. The number of hydrogen-bond acceptors (Lipinski definition) is 5. The third kappa shape index (κ3) is 3.91. The first-order valence-corrected chi connectivity index (χ1v) is 7.88. The van der Waals surface area contributed by atoms with Crippen molar-refractivity contribution >= 4 is 22.9 Å². The van der Waals surface area contributed by atoms with E-state index >= 15 is 0 Å². The zero-order valence-electron chi connectivity index (χ0n) is 12.9. The molecule has 2 rings (SSSR count). The topological polar surface area (TPSA) is 71.5 Å². The molecule has 0 aliphatic heterocycles. The van der Waals surface area contributed by atoms with E-state index in [4.69, 9.17) is 9.84 Å². The first kappa shape index (κ1) is 16.6. The Labute approximate surface area is 134 Å². The molecule has 0 saturated heterocycles. The van der Waals surface area contributed by atoms with Gasteiger partial charge < -0.3 is 15.2 Å². The normalized spacial score (nSPS) is 12.2. The van der Waals surface area contributed by atoms with Crippen LogP contribution in [-0.4, -0.2) is 29.7 Å². The maximum Gasteiger partial charge on any atom is 0.267 e. The van der Waals surface area contributed by atoms with E-state index in [0.29, 0.717) is 17.0 Å². The molecule has 1 unspecified atom stereocenters. The number of carbonyl (C=O) groups excluding carboxylic acids is 1. The van der Waals surface area contributed by atoms with Crippen LogP contribution in [0.1, 0.15) is 39.0 Å². The van der Waals surface area contributed by atoms with Crippen LogP contribution < -0.4 is 5.32 Å². The number of carbonyl (C=O) groups is 1. The Kier molecular flexibility index (Phi) is 5.65. The smallest absolute Gasteiger partial charge is 0.267 e. The number of aromatic nitrogens is 1. The van der Waals surface area contributed by atoms with Gasteiger partial charge in [0.05, 0.1) is 5.69 Å². The predicted octanol–water partition coefficient (Wildman–Crippen LogP) is 2.95. The minimum atomic E-state index is -0.167. The highest BCUT2D eigenvalue weighted by molar-refractivity contribution is 7.14. The Hall–Kier alpha value is -1.76. The highest BCUT2D eigenvalue weighted by atomic mass is 32.1. The number of aliphatic hydroxyl groups excluding tert-OH is 1. The molecule has 1 aromatic carbocycles. The van der Waals surface area contributed by atoms with E-state index in [-0.39, 0.29) is 18.6 Å². The standard InChI is InChI=1S/C16H20N2O3S/c1-10-14(22-16(17-10)11(2)21-3)15(20)18-13-6-4-12(5-7-13)8-9-19/h4-7,11,19H,8-9H2,1-3H3,(H,18,20). The van der Waals surface area contributed by atoms with Gasteiger partial charge in [-0.15, -0.1) is 11.3 Å². The van der Waals surface area contributed by atoms with Gasteiger partial charge in [-0.3, -0.25) is 4.79 Å². The second-order valence-corrected chi connectivity index (χ2v) is 6.00. The molecule has 1 aromatic heterocycles. The summed E-state index contributed by atoms with van der Waals surface area (Å²) in [6, 6.07) is 7.45. The Bertz CT molecular complexity index is 637. The Morgan fingerprint density at radius 1 is 1.41 bits per heavy atom. The molecule has 1 amide bonds. The van der Waals surface area contributed by atoms with Crippen LogP contribution in [0.15, 0.2) is 24.3 Å². The van der Waals surface area contributed by atoms with E-state index in [1.54, 1.807) is 7.11 Å². The SMILES string of the molecule is COC(C)c1nc(C)c(C(=O)Nc2ccc(CCO)cc2)s1. The fourth-order valence-corrected chi connectivity index (χ4v) is 2.97. The molecule has 0 aliphatic rings. The van der Waals surface area contributed by atoms with Crippen molar-refractivity contribution in [2.24, 2.45) is 0 Å². The lowest BCUT2D eigenvalue weighted by atomic mass is 10.1. The van der Waals surface area contributed by atoms with Crippen molar-refractivity contribution in [3.8, 4) is 0 Å². The molecule has 1 atom stereocenters. The number of aliphatic hydroxyl groups is 1. The van der Waals surface area contributed by atoms with E-state index < -0.39 is 0 Å². The van der Waals surface area contributed by atoms with E-state index in [1.165, 1.54) is 11.3 Å². The lowest BCUT2D eigenvalue weighted by molar-refractivity contribution is 0.103. The average molecular weight is 320 g/mol. The van der Waals surface area contributed by atoms with Crippen molar-refractivity contribution < 1.29 is 14.6 Å². The van der Waals surface area contributed by atoms with Gasteiger partial charge in [-0.2, -0.15) is 0 Å². The van der Waals surface area contributed by atoms with Crippen molar-refractivity contribution in [3.63, 3.8) is 0 Å². The lowest BCUT2D eigenvalue weighted by Crippen LogP contribution is -2.11. The van der Waals surface area contributed by atoms with Crippen LogP contribution in [0, 0.1) is 6.92 Å². The summed E-state index contributed by atoms with van der Waals surface area (Å²) in [5.41, 5.74) is 2.46. The highest BCUT2D eigenvalue weighted by Gasteiger charge is 2.18. The summed E-state index contributed by atoms with van der Waals surface area (Å²) in [6.45, 7) is 3.84. The van der Waals surface area contributed by atoms with E-state index in [1.807, 2.05) is 38.1 Å². The molecule has 6 heteroatoms. The summed E-state index contributed by atoms with van der Waals surface area (Å²) in [4.78, 5) is 17.3. The number of thiazole rings is 1. The number of anilines is 1. The van der Waals surface area contributed by atoms with Gasteiger partial charge in [-0.05, 0) is 38.0 Å². The van der Waals surface area contributed by atoms with Gasteiger partial charge in [-0.25, -0.2) is 4.98 Å². The average Bonchev–Trinajstić information content (AvgIpc) is 2.91. The number of benzene rings is 1. The highest BCUT2D eigenvalue weighted by Crippen LogP contribution is 2.26. The minimum absolute atomic E-state index is 0.117. The van der Waals surface area contributed by atoms with Gasteiger partial charge in [0.15, 0.2) is 0 Å². The zero-order chi connectivity index (χ0) is 16.1. The van der Waals surface area contributed by atoms with Crippen molar-refractivity contribution in [2.75, 3.05) is 19.0 Å². The fraction of sp³-hybridized carbons (Fsp3) is 0.375. The number of hydrogen-bond donors (Lipinski definition) is 2. The summed E-state index contributed by atoms with van der Waals surface area (Å²) in [5, 5.41) is 12.6. The summed E-state index contributed by atoms with van der Waals surface area (Å²) >= 11 is 1.35. The Morgan fingerprint density at radius 2 is 2.09 bits per heavy atom. The third-order valence-electron chi connectivity index (χ3n) is 3.33. The number of rotatable bonds is 6. The van der Waals surface area contributed by atoms with Crippen LogP contribution in [0.3, 0.4) is 0 Å². The molecular weight excluding hydrogens is 300 g/mol. The fourth-order valence-electron chi connectivity index (χ4n) is 1.97. The second-order valence-electron chi connectivity index (χ2n) is 4.97. The summed E-state index contributed by atoms with van der Waals surface area (Å²) in [6.07, 6.45) is 0.489. The van der Waals surface area contributed by atoms with Gasteiger partial charge in [0, 0.05) is 19.4 Å². The summed E-state index contributed by atoms with van der Waals surface area (Å²) in [5.74, 6) is -0.167. The molecule has 118 valence electrons. The van der Waals surface area contributed by atoms with E-state index in [2.05, 4.69) is 10.3 Å². The van der Waals surface area contributed by atoms with Crippen LogP contribution in [0.4, 0.5) is 5.69 Å². The number of nitrogens with one attached hydrogen (secondary N) is 1. The predicted molar refractivity (Wildman–Crippen MR) is 87.5 cm³/mol. The van der Waals surface area contributed by atoms with Crippen LogP contribution >= 0.6 is 11.3 Å². The number of ether oxygens (including phenoxy) is 1. The monoisotopic (exact) mass is 320 g/mol. The number of nitrogens with zero attached hydrogens (tertiary/aromatic N) is 1. The molecule has 5 nitrogen and oxygen atoms in total. The molecule has 0 radical (unpaired) electrons. The maximum absolute atomic E-state index is 12.3. The molecule has 0 fully saturated rings. The molecule has 2 aromatic rings. The summed E-state index contributed by atoms with van der Waals surface area (Å²) in [7, 11) is 1.62. The number of aryl methyl sites for hydroxylation is 1. The Morgan fingerprint density at radius 3 is 2.68 bits per heavy atom. The lowest BCUT2D eigenvalue weighted by Gasteiger charge is -2.05. The minimum Gasteiger partial charge on any atom is -0.396 e. The molecule has 22 heavy (non-hydrogen) atoms. The van der Waals surface area contributed by atoms with Crippen LogP contribution in [0.2, 0.25) is 0 Å². The number of methoxy groups -OCH3 is 1. The molecule has 0 spiro atoms. The summed E-state index contributed by atoms with van der Waals surface area (Å²) < 4.78 is 5.23. The quantitative estimate of drug-likeness (QED) is 0.858. The second kappa shape index (κ2) is 7.49. The van der Waals surface area contributed by atoms with Crippen molar-refractivity contribution in [2.45, 2.75) is 26.4 Å². The van der Waals surface area contributed by atoms with Gasteiger partial charge >= 0.3 is 0 Å². The van der Waals surface area contributed by atoms with Crippen LogP contribution in [0.5, 0.6) is 0 Å². The third-order valence-corrected chi connectivity index (χ3v) is 4.65. The van der Waals surface area contributed by atoms with Gasteiger partial charge in [0.2, 0.25) is 0 Å². The van der Waals surface area contributed by atoms with Gasteiger partial charge in [0.25, 0.3) is 5.91 Å². The van der Waals surface area contributed by atoms with E-state index in [9.17, 15) is 4.79 Å². The van der Waals surface area contributed by atoms with E-state index in [0.717, 1.165) is 16.3 Å². The first-order chi connectivity index (χ1) is 10.5. The van der Waals surface area contributed by atoms with Gasteiger partial charge in [0.1, 0.15) is 16.0 Å². The molecule has 2 N–H and O–H groups in total. The molecule has 1 heterocycles. The number of amides is 1. The molecule has 0 aliphatic carbocycles. The first-order valence-electron chi connectivity index (χ1n) is 7.06.